The fourth-order valence-electron chi connectivity index (χ4n) is 2.63. The van der Waals surface area contributed by atoms with Gasteiger partial charge in [-0.25, -0.2) is 4.79 Å². The van der Waals surface area contributed by atoms with E-state index in [1.807, 2.05) is 0 Å². The van der Waals surface area contributed by atoms with Crippen molar-refractivity contribution >= 4 is 6.03 Å². The van der Waals surface area contributed by atoms with Crippen LogP contribution in [0.1, 0.15) is 45.7 Å². The number of carbonyl (C=O) groups is 1. The zero-order valence-electron chi connectivity index (χ0n) is 17.2. The number of benzene rings is 1. The van der Waals surface area contributed by atoms with Crippen molar-refractivity contribution in [3.8, 4) is 0 Å². The number of carbonyl (C=O) groups excluding carboxylic acids is 1. The molecule has 0 spiro atoms. The van der Waals surface area contributed by atoms with Gasteiger partial charge in [-0.3, -0.25) is 0 Å². The van der Waals surface area contributed by atoms with E-state index in [-0.39, 0.29) is 11.4 Å². The first-order valence-electron chi connectivity index (χ1n) is 9.78. The first kappa shape index (κ1) is 22.5. The molecule has 0 heterocycles. The Hall–Kier alpha value is -1.59. The van der Waals surface area contributed by atoms with Crippen molar-refractivity contribution in [2.45, 2.75) is 46.5 Å². The average molecular weight is 364 g/mol. The van der Waals surface area contributed by atoms with Gasteiger partial charge in [-0.15, -0.1) is 0 Å². The quantitative estimate of drug-likeness (QED) is 0.594. The third-order valence-corrected chi connectivity index (χ3v) is 4.50. The van der Waals surface area contributed by atoms with E-state index >= 15 is 0 Å². The van der Waals surface area contributed by atoms with E-state index in [1.54, 1.807) is 0 Å². The highest BCUT2D eigenvalue weighted by Crippen LogP contribution is 2.22. The minimum atomic E-state index is -0.136. The van der Waals surface area contributed by atoms with Crippen LogP contribution in [0.2, 0.25) is 0 Å². The van der Waals surface area contributed by atoms with Crippen LogP contribution in [0.25, 0.3) is 0 Å². The molecule has 0 unspecified atom stereocenters. The number of hydrogen-bond acceptors (Lipinski definition) is 3. The zero-order valence-corrected chi connectivity index (χ0v) is 17.2. The Balaban J connectivity index is 2.10. The predicted molar refractivity (Wildman–Crippen MR) is 109 cm³/mol. The Morgan fingerprint density at radius 1 is 1.00 bits per heavy atom. The van der Waals surface area contributed by atoms with Gasteiger partial charge in [0.2, 0.25) is 0 Å². The zero-order chi connectivity index (χ0) is 19.4. The summed E-state index contributed by atoms with van der Waals surface area (Å²) in [5, 5.41) is 5.71. The van der Waals surface area contributed by atoms with Gasteiger partial charge >= 0.3 is 6.03 Å². The molecule has 0 atom stereocenters. The number of likely N-dealkylation sites (N-methyl/N-ethyl adjacent to an activating group) is 1. The smallest absolute Gasteiger partial charge is 0.314 e. The molecule has 0 fully saturated rings. The maximum absolute atomic E-state index is 11.8. The summed E-state index contributed by atoms with van der Waals surface area (Å²) in [4.78, 5) is 14.1. The van der Waals surface area contributed by atoms with Gasteiger partial charge in [0.25, 0.3) is 0 Å². The lowest BCUT2D eigenvalue weighted by Gasteiger charge is -2.19. The van der Waals surface area contributed by atoms with Crippen LogP contribution in [0, 0.1) is 0 Å². The van der Waals surface area contributed by atoms with Crippen LogP contribution in [-0.4, -0.2) is 56.9 Å². The van der Waals surface area contributed by atoms with E-state index in [4.69, 9.17) is 4.74 Å². The lowest BCUT2D eigenvalue weighted by atomic mass is 9.86. The van der Waals surface area contributed by atoms with Crippen LogP contribution in [0.5, 0.6) is 0 Å². The Bertz CT molecular complexity index is 505. The van der Waals surface area contributed by atoms with Gasteiger partial charge in [0.1, 0.15) is 0 Å². The van der Waals surface area contributed by atoms with Gasteiger partial charge in [0.15, 0.2) is 0 Å². The molecule has 26 heavy (non-hydrogen) atoms. The Morgan fingerprint density at radius 2 is 1.62 bits per heavy atom. The number of rotatable bonds is 11. The Morgan fingerprint density at radius 3 is 2.19 bits per heavy atom. The molecule has 0 aliphatic carbocycles. The van der Waals surface area contributed by atoms with Gasteiger partial charge in [0.05, 0.1) is 13.2 Å². The van der Waals surface area contributed by atoms with Gasteiger partial charge in [-0.2, -0.15) is 0 Å². The molecule has 0 saturated heterocycles. The van der Waals surface area contributed by atoms with Crippen LogP contribution in [0.15, 0.2) is 24.3 Å². The fraction of sp³-hybridized carbons (Fsp3) is 0.667. The number of hydrogen-bond donors (Lipinski definition) is 2. The molecule has 0 radical (unpaired) electrons. The highest BCUT2D eigenvalue weighted by Gasteiger charge is 2.12. The number of amides is 2. The summed E-state index contributed by atoms with van der Waals surface area (Å²) in [6.45, 7) is 16.4. The molecule has 5 heteroatoms. The van der Waals surface area contributed by atoms with Crippen LogP contribution in [-0.2, 0) is 16.6 Å². The average Bonchev–Trinajstić information content (AvgIpc) is 2.61. The molecule has 148 valence electrons. The summed E-state index contributed by atoms with van der Waals surface area (Å²) in [6, 6.07) is 8.49. The van der Waals surface area contributed by atoms with E-state index in [0.717, 1.165) is 26.1 Å². The molecule has 2 amide bonds. The molecule has 0 aliphatic heterocycles. The van der Waals surface area contributed by atoms with E-state index in [9.17, 15) is 4.79 Å². The number of ether oxygens (including phenoxy) is 1. The van der Waals surface area contributed by atoms with Gasteiger partial charge < -0.3 is 20.3 Å². The highest BCUT2D eigenvalue weighted by molar-refractivity contribution is 5.73. The van der Waals surface area contributed by atoms with Crippen molar-refractivity contribution in [2.24, 2.45) is 0 Å². The lowest BCUT2D eigenvalue weighted by Crippen LogP contribution is -2.38. The van der Waals surface area contributed by atoms with Gasteiger partial charge in [0, 0.05) is 19.6 Å². The number of nitrogens with zero attached hydrogens (tertiary/aromatic N) is 1. The molecule has 0 aromatic heterocycles. The standard InChI is InChI=1S/C21H37N3O2/c1-6-24(7-2)15-17-26-16-14-23-20(25)22-13-12-18-8-10-19(11-9-18)21(3,4)5/h8-11H,6-7,12-17H2,1-5H3,(H2,22,23,25). The van der Waals surface area contributed by atoms with Crippen molar-refractivity contribution in [1.29, 1.82) is 0 Å². The Kier molecular flexibility index (Phi) is 10.3. The third-order valence-electron chi connectivity index (χ3n) is 4.50. The molecule has 1 aromatic carbocycles. The summed E-state index contributed by atoms with van der Waals surface area (Å²) < 4.78 is 5.55. The molecule has 0 saturated carbocycles. The SMILES string of the molecule is CCN(CC)CCOCCNC(=O)NCCc1ccc(C(C)(C)C)cc1. The molecule has 5 nitrogen and oxygen atoms in total. The maximum atomic E-state index is 11.8. The molecule has 0 bridgehead atoms. The van der Waals surface area contributed by atoms with Gasteiger partial charge in [-0.1, -0.05) is 58.9 Å². The second-order valence-electron chi connectivity index (χ2n) is 7.52. The van der Waals surface area contributed by atoms with E-state index in [2.05, 4.69) is 74.4 Å². The van der Waals surface area contributed by atoms with Crippen LogP contribution < -0.4 is 10.6 Å². The molecular formula is C21H37N3O2. The number of urea groups is 1. The summed E-state index contributed by atoms with van der Waals surface area (Å²) >= 11 is 0. The van der Waals surface area contributed by atoms with Crippen molar-refractivity contribution in [3.05, 3.63) is 35.4 Å². The van der Waals surface area contributed by atoms with E-state index in [0.29, 0.717) is 26.3 Å². The minimum Gasteiger partial charge on any atom is -0.378 e. The third kappa shape index (κ3) is 9.20. The molecule has 1 rings (SSSR count). The van der Waals surface area contributed by atoms with Crippen molar-refractivity contribution in [2.75, 3.05) is 45.9 Å². The summed E-state index contributed by atoms with van der Waals surface area (Å²) in [5.74, 6) is 0. The van der Waals surface area contributed by atoms with Crippen molar-refractivity contribution in [1.82, 2.24) is 15.5 Å². The topological polar surface area (TPSA) is 53.6 Å². The first-order valence-corrected chi connectivity index (χ1v) is 9.78. The summed E-state index contributed by atoms with van der Waals surface area (Å²) in [7, 11) is 0. The van der Waals surface area contributed by atoms with E-state index in [1.165, 1.54) is 11.1 Å². The molecule has 0 aliphatic rings. The second-order valence-corrected chi connectivity index (χ2v) is 7.52. The van der Waals surface area contributed by atoms with Crippen molar-refractivity contribution in [3.63, 3.8) is 0 Å². The fourth-order valence-corrected chi connectivity index (χ4v) is 2.63. The van der Waals surface area contributed by atoms with Crippen LogP contribution >= 0.6 is 0 Å². The first-order chi connectivity index (χ1) is 12.4. The lowest BCUT2D eigenvalue weighted by molar-refractivity contribution is 0.109. The largest absolute Gasteiger partial charge is 0.378 e. The summed E-state index contributed by atoms with van der Waals surface area (Å²) in [6.07, 6.45) is 0.832. The Labute approximate surface area is 159 Å². The highest BCUT2D eigenvalue weighted by atomic mass is 16.5. The molecule has 2 N–H and O–H groups in total. The predicted octanol–water partition coefficient (Wildman–Crippen LogP) is 3.18. The normalized spacial score (nSPS) is 11.6. The minimum absolute atomic E-state index is 0.136. The monoisotopic (exact) mass is 363 g/mol. The number of nitrogens with one attached hydrogen (secondary N) is 2. The molecular weight excluding hydrogens is 326 g/mol. The van der Waals surface area contributed by atoms with E-state index < -0.39 is 0 Å². The molecule has 1 aromatic rings. The maximum Gasteiger partial charge on any atom is 0.314 e. The van der Waals surface area contributed by atoms with Crippen LogP contribution in [0.4, 0.5) is 4.79 Å². The van der Waals surface area contributed by atoms with Gasteiger partial charge in [-0.05, 0) is 36.1 Å². The van der Waals surface area contributed by atoms with Crippen LogP contribution in [0.3, 0.4) is 0 Å². The summed E-state index contributed by atoms with van der Waals surface area (Å²) in [5.41, 5.74) is 2.73. The second kappa shape index (κ2) is 11.9. The van der Waals surface area contributed by atoms with Crippen molar-refractivity contribution < 1.29 is 9.53 Å².